The van der Waals surface area contributed by atoms with Gasteiger partial charge in [0.05, 0.1) is 11.1 Å². The summed E-state index contributed by atoms with van der Waals surface area (Å²) in [6.07, 6.45) is 5.05. The van der Waals surface area contributed by atoms with Crippen molar-refractivity contribution in [1.82, 2.24) is 24.9 Å². The van der Waals surface area contributed by atoms with E-state index in [0.29, 0.717) is 11.8 Å². The Bertz CT molecular complexity index is 946. The van der Waals surface area contributed by atoms with E-state index in [0.717, 1.165) is 34.7 Å². The Labute approximate surface area is 170 Å². The first-order valence-electron chi connectivity index (χ1n) is 9.64. The molecule has 0 radical (unpaired) electrons. The molecular weight excluding hydrogens is 370 g/mol. The number of nitrogens with zero attached hydrogens (tertiary/aromatic N) is 5. The number of piperidine rings is 1. The molecule has 0 amide bonds. The molecule has 0 aromatic carbocycles. The van der Waals surface area contributed by atoms with Gasteiger partial charge in [-0.3, -0.25) is 4.68 Å². The Hall–Kier alpha value is -2.25. The number of aryl methyl sites for hydroxylation is 1. The number of hydrogen-bond acceptors (Lipinski definition) is 6. The van der Waals surface area contributed by atoms with Crippen LogP contribution in [0.1, 0.15) is 27.2 Å². The fourth-order valence-corrected chi connectivity index (χ4v) is 4.57. The molecule has 1 aliphatic heterocycles. The third-order valence-corrected chi connectivity index (χ3v) is 7.16. The fraction of sp³-hybridized carbons (Fsp3) is 0.476. The van der Waals surface area contributed by atoms with E-state index < -0.39 is 0 Å². The monoisotopic (exact) mass is 397 g/mol. The summed E-state index contributed by atoms with van der Waals surface area (Å²) in [5, 5.41) is 15.1. The number of ether oxygens (including phenoxy) is 1. The summed E-state index contributed by atoms with van der Waals surface area (Å²) in [5.41, 5.74) is 3.23. The van der Waals surface area contributed by atoms with Crippen LogP contribution >= 0.6 is 11.3 Å². The molecule has 0 bridgehead atoms. The second-order valence-corrected chi connectivity index (χ2v) is 9.08. The van der Waals surface area contributed by atoms with E-state index in [4.69, 9.17) is 4.74 Å². The molecule has 148 valence electrons. The summed E-state index contributed by atoms with van der Waals surface area (Å²) in [7, 11) is 4.11. The molecule has 4 heterocycles. The maximum absolute atomic E-state index is 6.21. The summed E-state index contributed by atoms with van der Waals surface area (Å²) in [6.45, 7) is 7.84. The lowest BCUT2D eigenvalue weighted by atomic mass is 9.79. The highest BCUT2D eigenvalue weighted by Crippen LogP contribution is 2.35. The second-order valence-electron chi connectivity index (χ2n) is 8.17. The van der Waals surface area contributed by atoms with Gasteiger partial charge in [0.2, 0.25) is 5.88 Å². The Morgan fingerprint density at radius 2 is 2.00 bits per heavy atom. The maximum Gasteiger partial charge on any atom is 0.233 e. The third-order valence-electron chi connectivity index (χ3n) is 6.21. The summed E-state index contributed by atoms with van der Waals surface area (Å²) in [5.74, 6) is 1.01. The number of likely N-dealkylation sites (tertiary alicyclic amines) is 1. The predicted octanol–water partition coefficient (Wildman–Crippen LogP) is 4.10. The molecule has 1 saturated heterocycles. The zero-order valence-corrected chi connectivity index (χ0v) is 17.9. The van der Waals surface area contributed by atoms with Gasteiger partial charge in [0.15, 0.2) is 0 Å². The van der Waals surface area contributed by atoms with Gasteiger partial charge in [-0.25, -0.2) is 0 Å². The molecule has 6 nitrogen and oxygen atoms in total. The number of thiophene rings is 1. The van der Waals surface area contributed by atoms with Gasteiger partial charge in [0, 0.05) is 42.9 Å². The van der Waals surface area contributed by atoms with Gasteiger partial charge in [-0.2, -0.15) is 5.10 Å². The van der Waals surface area contributed by atoms with Crippen molar-refractivity contribution >= 4 is 11.3 Å². The van der Waals surface area contributed by atoms with Crippen molar-refractivity contribution < 1.29 is 4.74 Å². The van der Waals surface area contributed by atoms with Crippen molar-refractivity contribution in [2.45, 2.75) is 38.8 Å². The fourth-order valence-electron chi connectivity index (χ4n) is 3.68. The first-order chi connectivity index (χ1) is 13.3. The van der Waals surface area contributed by atoms with E-state index >= 15 is 0 Å². The van der Waals surface area contributed by atoms with Crippen LogP contribution in [0.3, 0.4) is 0 Å². The largest absolute Gasteiger partial charge is 0.473 e. The van der Waals surface area contributed by atoms with Crippen LogP contribution in [0.25, 0.3) is 21.7 Å². The molecule has 3 aromatic heterocycles. The number of rotatable bonds is 4. The van der Waals surface area contributed by atoms with Crippen molar-refractivity contribution in [1.29, 1.82) is 0 Å². The van der Waals surface area contributed by atoms with E-state index in [1.165, 1.54) is 0 Å². The van der Waals surface area contributed by atoms with Crippen LogP contribution in [0.4, 0.5) is 0 Å². The zero-order valence-electron chi connectivity index (χ0n) is 17.1. The minimum atomic E-state index is 0.107. The molecule has 2 atom stereocenters. The van der Waals surface area contributed by atoms with Crippen LogP contribution in [-0.2, 0) is 7.05 Å². The van der Waals surface area contributed by atoms with Crippen molar-refractivity contribution in [3.05, 3.63) is 36.0 Å². The lowest BCUT2D eigenvalue weighted by Crippen LogP contribution is -2.56. The van der Waals surface area contributed by atoms with Crippen molar-refractivity contribution in [3.63, 3.8) is 0 Å². The highest BCUT2D eigenvalue weighted by molar-refractivity contribution is 7.14. The van der Waals surface area contributed by atoms with Gasteiger partial charge in [-0.15, -0.1) is 21.5 Å². The molecular formula is C21H27N5OS. The number of hydrogen-bond donors (Lipinski definition) is 0. The minimum absolute atomic E-state index is 0.107. The summed E-state index contributed by atoms with van der Waals surface area (Å²) < 4.78 is 8.02. The Morgan fingerprint density at radius 1 is 1.18 bits per heavy atom. The number of aromatic nitrogens is 4. The highest BCUT2D eigenvalue weighted by Gasteiger charge is 2.40. The molecule has 2 unspecified atom stereocenters. The summed E-state index contributed by atoms with van der Waals surface area (Å²) in [6, 6.07) is 6.06. The topological polar surface area (TPSA) is 56.1 Å². The Morgan fingerprint density at radius 3 is 2.68 bits per heavy atom. The van der Waals surface area contributed by atoms with Crippen molar-refractivity contribution in [2.75, 3.05) is 13.6 Å². The second kappa shape index (κ2) is 7.29. The van der Waals surface area contributed by atoms with Gasteiger partial charge < -0.3 is 9.64 Å². The first-order valence-corrected chi connectivity index (χ1v) is 10.5. The van der Waals surface area contributed by atoms with E-state index in [2.05, 4.69) is 59.5 Å². The van der Waals surface area contributed by atoms with Crippen molar-refractivity contribution in [3.8, 4) is 27.6 Å². The van der Waals surface area contributed by atoms with Crippen LogP contribution in [0.2, 0.25) is 0 Å². The van der Waals surface area contributed by atoms with E-state index in [1.54, 1.807) is 11.3 Å². The first kappa shape index (κ1) is 19.1. The average molecular weight is 398 g/mol. The molecule has 1 aliphatic rings. The maximum atomic E-state index is 6.21. The molecule has 3 aromatic rings. The molecule has 0 saturated carbocycles. The average Bonchev–Trinajstić information content (AvgIpc) is 3.32. The third kappa shape index (κ3) is 3.56. The zero-order chi connectivity index (χ0) is 19.9. The van der Waals surface area contributed by atoms with Gasteiger partial charge in [0.25, 0.3) is 0 Å². The molecule has 0 N–H and O–H groups in total. The van der Waals surface area contributed by atoms with Gasteiger partial charge in [0.1, 0.15) is 11.8 Å². The highest BCUT2D eigenvalue weighted by atomic mass is 32.1. The van der Waals surface area contributed by atoms with Gasteiger partial charge >= 0.3 is 0 Å². The molecule has 1 fully saturated rings. The van der Waals surface area contributed by atoms with Crippen molar-refractivity contribution in [2.24, 2.45) is 13.0 Å². The van der Waals surface area contributed by atoms with Crippen LogP contribution in [0.5, 0.6) is 5.88 Å². The van der Waals surface area contributed by atoms with Crippen LogP contribution in [-0.4, -0.2) is 50.1 Å². The SMILES string of the molecule is CC1C(Oc2ccc(-c3cc(-c4cnn(C)c4)cs3)nn2)CCN(C)C1(C)C. The molecule has 0 aliphatic carbocycles. The lowest BCUT2D eigenvalue weighted by molar-refractivity contribution is -0.0301. The Balaban J connectivity index is 1.47. The minimum Gasteiger partial charge on any atom is -0.473 e. The summed E-state index contributed by atoms with van der Waals surface area (Å²) >= 11 is 1.66. The molecule has 4 rings (SSSR count). The standard InChI is InChI=1S/C21H27N5OS/c1-14-18(8-9-25(4)21(14,2)3)27-20-7-6-17(23-24-20)19-10-15(13-28-19)16-11-22-26(5)12-16/h6-7,10-14,18H,8-9H2,1-5H3. The van der Waals surface area contributed by atoms with Gasteiger partial charge in [-0.05, 0) is 50.4 Å². The van der Waals surface area contributed by atoms with Crippen LogP contribution in [0.15, 0.2) is 36.0 Å². The van der Waals surface area contributed by atoms with E-state index in [-0.39, 0.29) is 11.6 Å². The van der Waals surface area contributed by atoms with Crippen LogP contribution in [0, 0.1) is 5.92 Å². The molecule has 0 spiro atoms. The quantitative estimate of drug-likeness (QED) is 0.663. The Kier molecular flexibility index (Phi) is 4.97. The lowest BCUT2D eigenvalue weighted by Gasteiger charge is -2.48. The normalized spacial score (nSPS) is 22.3. The smallest absolute Gasteiger partial charge is 0.233 e. The van der Waals surface area contributed by atoms with Crippen LogP contribution < -0.4 is 4.74 Å². The van der Waals surface area contributed by atoms with E-state index in [9.17, 15) is 0 Å². The predicted molar refractivity (Wildman–Crippen MR) is 112 cm³/mol. The molecule has 7 heteroatoms. The van der Waals surface area contributed by atoms with Gasteiger partial charge in [-0.1, -0.05) is 6.92 Å². The van der Waals surface area contributed by atoms with E-state index in [1.807, 2.05) is 36.3 Å². The summed E-state index contributed by atoms with van der Waals surface area (Å²) in [4.78, 5) is 3.50. The molecule has 28 heavy (non-hydrogen) atoms.